The highest BCUT2D eigenvalue weighted by molar-refractivity contribution is 5.30. The number of hydrogen-bond donors (Lipinski definition) is 0. The van der Waals surface area contributed by atoms with Gasteiger partial charge in [0.1, 0.15) is 5.82 Å². The third kappa shape index (κ3) is 3.18. The van der Waals surface area contributed by atoms with E-state index in [2.05, 4.69) is 6.92 Å². The summed E-state index contributed by atoms with van der Waals surface area (Å²) in [7, 11) is 0. The van der Waals surface area contributed by atoms with Crippen LogP contribution in [0.25, 0.3) is 0 Å². The molecule has 0 spiro atoms. The van der Waals surface area contributed by atoms with E-state index in [4.69, 9.17) is 0 Å². The van der Waals surface area contributed by atoms with Gasteiger partial charge in [0, 0.05) is 5.56 Å². The molecule has 0 saturated heterocycles. The molecule has 1 saturated carbocycles. The molecular weight excluding hydrogens is 261 g/mol. The Morgan fingerprint density at radius 2 is 1.70 bits per heavy atom. The lowest BCUT2D eigenvalue weighted by atomic mass is 9.77. The Balaban J connectivity index is 2.07. The fourth-order valence-corrected chi connectivity index (χ4v) is 3.26. The molecule has 0 heterocycles. The molecule has 0 radical (unpaired) electrons. The summed E-state index contributed by atoms with van der Waals surface area (Å²) in [5.74, 6) is -1.83. The van der Waals surface area contributed by atoms with Gasteiger partial charge in [-0.05, 0) is 56.1 Å². The Labute approximate surface area is 119 Å². The summed E-state index contributed by atoms with van der Waals surface area (Å²) < 4.78 is 41.2. The van der Waals surface area contributed by atoms with Crippen LogP contribution in [0, 0.1) is 30.3 Å². The number of hydrogen-bond acceptors (Lipinski definition) is 0. The van der Waals surface area contributed by atoms with E-state index in [0.29, 0.717) is 5.92 Å². The topological polar surface area (TPSA) is 0 Å². The molecule has 1 fully saturated rings. The van der Waals surface area contributed by atoms with Crippen LogP contribution in [0.3, 0.4) is 0 Å². The SMILES string of the molecule is CCCC[C@H]1CC[C@H](c2cc(F)c(C)c(F)c2F)CC1. The van der Waals surface area contributed by atoms with Crippen molar-refractivity contribution >= 4 is 0 Å². The van der Waals surface area contributed by atoms with Crippen LogP contribution in [0.5, 0.6) is 0 Å². The van der Waals surface area contributed by atoms with Gasteiger partial charge in [0.05, 0.1) is 0 Å². The van der Waals surface area contributed by atoms with Crippen molar-refractivity contribution in [2.75, 3.05) is 0 Å². The smallest absolute Gasteiger partial charge is 0.164 e. The third-order valence-electron chi connectivity index (χ3n) is 4.67. The van der Waals surface area contributed by atoms with Gasteiger partial charge in [0.25, 0.3) is 0 Å². The Hall–Kier alpha value is -0.990. The molecule has 1 aromatic carbocycles. The normalized spacial score (nSPS) is 23.1. The Morgan fingerprint density at radius 3 is 2.30 bits per heavy atom. The van der Waals surface area contributed by atoms with Crippen LogP contribution in [0.2, 0.25) is 0 Å². The highest BCUT2D eigenvalue weighted by atomic mass is 19.2. The molecule has 112 valence electrons. The predicted octanol–water partition coefficient (Wildman–Crippen LogP) is 5.88. The first kappa shape index (κ1) is 15.4. The van der Waals surface area contributed by atoms with E-state index >= 15 is 0 Å². The second kappa shape index (κ2) is 6.64. The van der Waals surface area contributed by atoms with Gasteiger partial charge in [-0.3, -0.25) is 0 Å². The zero-order valence-electron chi connectivity index (χ0n) is 12.3. The molecule has 0 aliphatic heterocycles. The van der Waals surface area contributed by atoms with Crippen molar-refractivity contribution in [1.29, 1.82) is 0 Å². The minimum atomic E-state index is -1.02. The minimum absolute atomic E-state index is 0.0301. The van der Waals surface area contributed by atoms with Crippen LogP contribution in [-0.2, 0) is 0 Å². The van der Waals surface area contributed by atoms with Crippen molar-refractivity contribution in [1.82, 2.24) is 0 Å². The standard InChI is InChI=1S/C17H23F3/c1-3-4-5-12-6-8-13(9-7-12)14-10-15(18)11(2)16(19)17(14)20/h10,12-13H,3-9H2,1-2H3/t12-,13-. The fraction of sp³-hybridized carbons (Fsp3) is 0.647. The number of rotatable bonds is 4. The zero-order valence-corrected chi connectivity index (χ0v) is 12.3. The molecule has 0 nitrogen and oxygen atoms in total. The molecule has 0 bridgehead atoms. The van der Waals surface area contributed by atoms with Crippen LogP contribution < -0.4 is 0 Å². The Bertz CT molecular complexity index is 460. The van der Waals surface area contributed by atoms with E-state index < -0.39 is 17.5 Å². The summed E-state index contributed by atoms with van der Waals surface area (Å²) in [4.78, 5) is 0. The summed E-state index contributed by atoms with van der Waals surface area (Å²) in [5.41, 5.74) is 0.0161. The van der Waals surface area contributed by atoms with Crippen LogP contribution in [0.4, 0.5) is 13.2 Å². The minimum Gasteiger partial charge on any atom is -0.207 e. The molecule has 0 aromatic heterocycles. The predicted molar refractivity (Wildman–Crippen MR) is 75.3 cm³/mol. The molecule has 0 amide bonds. The van der Waals surface area contributed by atoms with Gasteiger partial charge in [-0.1, -0.05) is 26.2 Å². The van der Waals surface area contributed by atoms with E-state index in [-0.39, 0.29) is 17.0 Å². The van der Waals surface area contributed by atoms with E-state index in [1.165, 1.54) is 32.3 Å². The maximum absolute atomic E-state index is 14.0. The van der Waals surface area contributed by atoms with Gasteiger partial charge in [-0.25, -0.2) is 13.2 Å². The van der Waals surface area contributed by atoms with E-state index in [0.717, 1.165) is 25.7 Å². The average molecular weight is 284 g/mol. The van der Waals surface area contributed by atoms with Gasteiger partial charge in [0.2, 0.25) is 0 Å². The highest BCUT2D eigenvalue weighted by Gasteiger charge is 2.26. The molecule has 1 aliphatic rings. The molecule has 2 rings (SSSR count). The Morgan fingerprint density at radius 1 is 1.05 bits per heavy atom. The van der Waals surface area contributed by atoms with Crippen LogP contribution in [0.15, 0.2) is 6.07 Å². The number of benzene rings is 1. The number of unbranched alkanes of at least 4 members (excludes halogenated alkanes) is 1. The van der Waals surface area contributed by atoms with Crippen molar-refractivity contribution in [2.45, 2.75) is 64.7 Å². The van der Waals surface area contributed by atoms with Gasteiger partial charge in [-0.2, -0.15) is 0 Å². The quantitative estimate of drug-likeness (QED) is 0.606. The number of halogens is 3. The second-order valence-electron chi connectivity index (χ2n) is 6.06. The van der Waals surface area contributed by atoms with Crippen LogP contribution in [0.1, 0.15) is 68.9 Å². The van der Waals surface area contributed by atoms with Crippen molar-refractivity contribution in [3.05, 3.63) is 34.6 Å². The largest absolute Gasteiger partial charge is 0.207 e. The highest BCUT2D eigenvalue weighted by Crippen LogP contribution is 2.39. The molecule has 1 aliphatic carbocycles. The second-order valence-corrected chi connectivity index (χ2v) is 6.06. The lowest BCUT2D eigenvalue weighted by Crippen LogP contribution is -2.15. The first-order valence-corrected chi connectivity index (χ1v) is 7.68. The lowest BCUT2D eigenvalue weighted by molar-refractivity contribution is 0.298. The molecule has 0 N–H and O–H groups in total. The molecule has 3 heteroatoms. The van der Waals surface area contributed by atoms with Crippen molar-refractivity contribution in [3.63, 3.8) is 0 Å². The Kier molecular flexibility index (Phi) is 5.11. The molecule has 1 aromatic rings. The van der Waals surface area contributed by atoms with Crippen molar-refractivity contribution in [2.24, 2.45) is 5.92 Å². The zero-order chi connectivity index (χ0) is 14.7. The molecular formula is C17H23F3. The van der Waals surface area contributed by atoms with E-state index in [1.807, 2.05) is 0 Å². The van der Waals surface area contributed by atoms with E-state index in [9.17, 15) is 13.2 Å². The van der Waals surface area contributed by atoms with Crippen molar-refractivity contribution in [3.8, 4) is 0 Å². The van der Waals surface area contributed by atoms with Gasteiger partial charge in [-0.15, -0.1) is 0 Å². The summed E-state index contributed by atoms with van der Waals surface area (Å²) in [6.07, 6.45) is 7.42. The summed E-state index contributed by atoms with van der Waals surface area (Å²) in [6.45, 7) is 3.46. The lowest BCUT2D eigenvalue weighted by Gasteiger charge is -2.29. The first-order valence-electron chi connectivity index (χ1n) is 7.68. The molecule has 0 unspecified atom stereocenters. The maximum Gasteiger partial charge on any atom is 0.164 e. The third-order valence-corrected chi connectivity index (χ3v) is 4.67. The van der Waals surface area contributed by atoms with Gasteiger partial charge in [0.15, 0.2) is 11.6 Å². The van der Waals surface area contributed by atoms with E-state index in [1.54, 1.807) is 0 Å². The van der Waals surface area contributed by atoms with Gasteiger partial charge >= 0.3 is 0 Å². The molecule has 0 atom stereocenters. The maximum atomic E-state index is 14.0. The van der Waals surface area contributed by atoms with Gasteiger partial charge < -0.3 is 0 Å². The summed E-state index contributed by atoms with van der Waals surface area (Å²) in [6, 6.07) is 1.20. The van der Waals surface area contributed by atoms with Crippen molar-refractivity contribution < 1.29 is 13.2 Å². The summed E-state index contributed by atoms with van der Waals surface area (Å²) >= 11 is 0. The van der Waals surface area contributed by atoms with Crippen LogP contribution in [-0.4, -0.2) is 0 Å². The summed E-state index contributed by atoms with van der Waals surface area (Å²) in [5, 5.41) is 0. The monoisotopic (exact) mass is 284 g/mol. The molecule has 20 heavy (non-hydrogen) atoms. The fourth-order valence-electron chi connectivity index (χ4n) is 3.26. The first-order chi connectivity index (χ1) is 9.54. The average Bonchev–Trinajstić information content (AvgIpc) is 2.47. The van der Waals surface area contributed by atoms with Crippen LogP contribution >= 0.6 is 0 Å².